The number of hydrogen-bond donors (Lipinski definition) is 1. The van der Waals surface area contributed by atoms with E-state index in [0.29, 0.717) is 34.7 Å². The van der Waals surface area contributed by atoms with Crippen molar-refractivity contribution in [2.45, 2.75) is 19.9 Å². The van der Waals surface area contributed by atoms with Crippen LogP contribution in [0.5, 0.6) is 11.6 Å². The van der Waals surface area contributed by atoms with Crippen LogP contribution in [0.1, 0.15) is 28.5 Å². The Hall–Kier alpha value is -4.07. The summed E-state index contributed by atoms with van der Waals surface area (Å²) in [6, 6.07) is 15.1. The summed E-state index contributed by atoms with van der Waals surface area (Å²) < 4.78 is 34.0. The van der Waals surface area contributed by atoms with Crippen LogP contribution < -0.4 is 10.1 Å². The summed E-state index contributed by atoms with van der Waals surface area (Å²) in [5.41, 5.74) is 2.43. The van der Waals surface area contributed by atoms with Gasteiger partial charge >= 0.3 is 0 Å². The summed E-state index contributed by atoms with van der Waals surface area (Å²) in [7, 11) is 0. The third-order valence-electron chi connectivity index (χ3n) is 4.82. The maximum atomic E-state index is 13.4. The predicted octanol–water partition coefficient (Wildman–Crippen LogP) is 4.83. The number of carbonyl (C=O) groups is 1. The minimum absolute atomic E-state index is 0.155. The fourth-order valence-electron chi connectivity index (χ4n) is 3.27. The summed E-state index contributed by atoms with van der Waals surface area (Å²) in [6.07, 6.45) is 3.60. The molecule has 1 amide bonds. The van der Waals surface area contributed by atoms with Crippen LogP contribution in [0.4, 0.5) is 8.78 Å². The Morgan fingerprint density at radius 2 is 1.88 bits per heavy atom. The van der Waals surface area contributed by atoms with Crippen molar-refractivity contribution in [2.75, 3.05) is 0 Å². The normalized spacial score (nSPS) is 10.7. The fourth-order valence-corrected chi connectivity index (χ4v) is 3.27. The molecule has 0 aliphatic carbocycles. The van der Waals surface area contributed by atoms with Gasteiger partial charge in [0.15, 0.2) is 0 Å². The number of carbonyl (C=O) groups excluding carboxylic acids is 1. The number of halogens is 2. The number of aromatic nitrogens is 3. The Morgan fingerprint density at radius 3 is 2.62 bits per heavy atom. The van der Waals surface area contributed by atoms with Crippen LogP contribution in [-0.2, 0) is 13.0 Å². The number of nitrogens with zero attached hydrogens (tertiary/aromatic N) is 3. The molecule has 0 aliphatic rings. The monoisotopic (exact) mass is 434 g/mol. The molecule has 162 valence electrons. The maximum absolute atomic E-state index is 13.4. The highest BCUT2D eigenvalue weighted by atomic mass is 19.1. The first-order chi connectivity index (χ1) is 15.5. The van der Waals surface area contributed by atoms with E-state index in [1.165, 1.54) is 30.5 Å². The molecule has 8 heteroatoms. The SMILES string of the molecule is CCc1c(C(=O)NCc2cccnc2Oc2cccc(F)c2)cnn1-c1ccc(F)cc1. The van der Waals surface area contributed by atoms with E-state index in [1.54, 1.807) is 47.3 Å². The van der Waals surface area contributed by atoms with Crippen LogP contribution >= 0.6 is 0 Å². The van der Waals surface area contributed by atoms with Gasteiger partial charge in [0.1, 0.15) is 17.4 Å². The lowest BCUT2D eigenvalue weighted by atomic mass is 10.1. The van der Waals surface area contributed by atoms with Gasteiger partial charge in [0.05, 0.1) is 23.1 Å². The quantitative estimate of drug-likeness (QED) is 0.452. The lowest BCUT2D eigenvalue weighted by Gasteiger charge is -2.11. The molecule has 6 nitrogen and oxygen atoms in total. The maximum Gasteiger partial charge on any atom is 0.255 e. The first-order valence-corrected chi connectivity index (χ1v) is 10.0. The van der Waals surface area contributed by atoms with Crippen LogP contribution in [-0.4, -0.2) is 20.7 Å². The third-order valence-corrected chi connectivity index (χ3v) is 4.82. The van der Waals surface area contributed by atoms with Crippen LogP contribution in [0.15, 0.2) is 73.1 Å². The topological polar surface area (TPSA) is 69.0 Å². The van der Waals surface area contributed by atoms with Crippen molar-refractivity contribution in [2.24, 2.45) is 0 Å². The lowest BCUT2D eigenvalue weighted by Crippen LogP contribution is -2.24. The average molecular weight is 434 g/mol. The van der Waals surface area contributed by atoms with Crippen LogP contribution in [0.25, 0.3) is 5.69 Å². The van der Waals surface area contributed by atoms with E-state index < -0.39 is 5.82 Å². The van der Waals surface area contributed by atoms with Crippen molar-refractivity contribution in [3.8, 4) is 17.3 Å². The molecule has 4 aromatic rings. The van der Waals surface area contributed by atoms with E-state index >= 15 is 0 Å². The van der Waals surface area contributed by atoms with E-state index in [4.69, 9.17) is 4.74 Å². The highest BCUT2D eigenvalue weighted by Crippen LogP contribution is 2.24. The van der Waals surface area contributed by atoms with Gasteiger partial charge in [-0.05, 0) is 48.9 Å². The molecule has 0 fully saturated rings. The molecule has 1 N–H and O–H groups in total. The second-order valence-corrected chi connectivity index (χ2v) is 6.96. The molecular weight excluding hydrogens is 414 g/mol. The summed E-state index contributed by atoms with van der Waals surface area (Å²) in [5.74, 6) is -0.486. The van der Waals surface area contributed by atoms with Gasteiger partial charge in [-0.15, -0.1) is 0 Å². The number of ether oxygens (including phenoxy) is 1. The van der Waals surface area contributed by atoms with Gasteiger partial charge in [0.2, 0.25) is 5.88 Å². The van der Waals surface area contributed by atoms with Crippen molar-refractivity contribution in [3.05, 3.63) is 102 Å². The summed E-state index contributed by atoms with van der Waals surface area (Å²) in [4.78, 5) is 17.1. The Labute approximate surface area is 183 Å². The Morgan fingerprint density at radius 1 is 1.06 bits per heavy atom. The summed E-state index contributed by atoms with van der Waals surface area (Å²) in [6.45, 7) is 2.07. The first-order valence-electron chi connectivity index (χ1n) is 10.0. The average Bonchev–Trinajstić information content (AvgIpc) is 3.23. The zero-order chi connectivity index (χ0) is 22.5. The van der Waals surface area contributed by atoms with E-state index in [9.17, 15) is 13.6 Å². The molecular formula is C24H20F2N4O2. The van der Waals surface area contributed by atoms with Crippen LogP contribution in [0.2, 0.25) is 0 Å². The molecule has 0 bridgehead atoms. The van der Waals surface area contributed by atoms with Crippen LogP contribution in [0, 0.1) is 11.6 Å². The lowest BCUT2D eigenvalue weighted by molar-refractivity contribution is 0.0949. The molecule has 32 heavy (non-hydrogen) atoms. The van der Waals surface area contributed by atoms with Crippen molar-refractivity contribution in [1.29, 1.82) is 0 Å². The number of rotatable bonds is 7. The fraction of sp³-hybridized carbons (Fsp3) is 0.125. The molecule has 0 unspecified atom stereocenters. The van der Waals surface area contributed by atoms with Crippen molar-refractivity contribution in [1.82, 2.24) is 20.1 Å². The highest BCUT2D eigenvalue weighted by Gasteiger charge is 2.18. The zero-order valence-electron chi connectivity index (χ0n) is 17.3. The highest BCUT2D eigenvalue weighted by molar-refractivity contribution is 5.95. The molecule has 0 saturated carbocycles. The number of amides is 1. The van der Waals surface area contributed by atoms with Gasteiger partial charge < -0.3 is 10.1 Å². The van der Waals surface area contributed by atoms with Gasteiger partial charge in [-0.1, -0.05) is 19.1 Å². The summed E-state index contributed by atoms with van der Waals surface area (Å²) in [5, 5.41) is 7.16. The van der Waals surface area contributed by atoms with Crippen molar-refractivity contribution < 1.29 is 18.3 Å². The number of pyridine rings is 1. The molecule has 0 aliphatic heterocycles. The van der Waals surface area contributed by atoms with E-state index in [1.807, 2.05) is 6.92 Å². The van der Waals surface area contributed by atoms with E-state index in [2.05, 4.69) is 15.4 Å². The molecule has 2 aromatic heterocycles. The number of benzene rings is 2. The smallest absolute Gasteiger partial charge is 0.255 e. The van der Waals surface area contributed by atoms with Crippen LogP contribution in [0.3, 0.4) is 0 Å². The standard InChI is InChI=1S/C24H20F2N4O2/c1-2-22-21(15-29-30(22)19-10-8-17(25)9-11-19)23(31)28-14-16-5-4-12-27-24(16)32-20-7-3-6-18(26)13-20/h3-13,15H,2,14H2,1H3,(H,28,31). The molecule has 0 radical (unpaired) electrons. The van der Waals surface area contributed by atoms with Crippen molar-refractivity contribution in [3.63, 3.8) is 0 Å². The van der Waals surface area contributed by atoms with Gasteiger partial charge in [0, 0.05) is 24.4 Å². The Balaban J connectivity index is 1.51. The van der Waals surface area contributed by atoms with Gasteiger partial charge in [0.25, 0.3) is 5.91 Å². The Bertz CT molecular complexity index is 1240. The second kappa shape index (κ2) is 9.38. The minimum atomic E-state index is -0.418. The van der Waals surface area contributed by atoms with E-state index in [0.717, 1.165) is 0 Å². The van der Waals surface area contributed by atoms with E-state index in [-0.39, 0.29) is 24.1 Å². The third kappa shape index (κ3) is 4.64. The number of hydrogen-bond acceptors (Lipinski definition) is 4. The Kier molecular flexibility index (Phi) is 6.21. The zero-order valence-corrected chi connectivity index (χ0v) is 17.3. The molecule has 0 spiro atoms. The van der Waals surface area contributed by atoms with Gasteiger partial charge in [-0.25, -0.2) is 18.4 Å². The summed E-state index contributed by atoms with van der Waals surface area (Å²) >= 11 is 0. The molecule has 0 atom stereocenters. The molecule has 0 saturated heterocycles. The predicted molar refractivity (Wildman–Crippen MR) is 115 cm³/mol. The molecule has 2 aromatic carbocycles. The van der Waals surface area contributed by atoms with Gasteiger partial charge in [-0.3, -0.25) is 4.79 Å². The molecule has 4 rings (SSSR count). The molecule has 2 heterocycles. The van der Waals surface area contributed by atoms with Gasteiger partial charge in [-0.2, -0.15) is 5.10 Å². The number of nitrogens with one attached hydrogen (secondary N) is 1. The van der Waals surface area contributed by atoms with Crippen molar-refractivity contribution >= 4 is 5.91 Å². The minimum Gasteiger partial charge on any atom is -0.439 e. The first kappa shape index (κ1) is 21.2. The largest absolute Gasteiger partial charge is 0.439 e. The second-order valence-electron chi connectivity index (χ2n) is 6.96.